The van der Waals surface area contributed by atoms with Crippen molar-refractivity contribution in [2.75, 3.05) is 12.7 Å². The number of halogens is 1. The van der Waals surface area contributed by atoms with Crippen LogP contribution in [0.1, 0.15) is 6.92 Å². The topological polar surface area (TPSA) is 9.23 Å². The van der Waals surface area contributed by atoms with Gasteiger partial charge in [-0.15, -0.1) is 0 Å². The van der Waals surface area contributed by atoms with Crippen molar-refractivity contribution in [1.29, 1.82) is 0 Å². The van der Waals surface area contributed by atoms with Crippen LogP contribution in [0.2, 0.25) is 0 Å². The second-order valence-electron chi connectivity index (χ2n) is 1.05. The lowest BCUT2D eigenvalue weighted by atomic mass is 10.6. The quantitative estimate of drug-likeness (QED) is 0.313. The van der Waals surface area contributed by atoms with E-state index in [1.54, 1.807) is 0 Å². The fraction of sp³-hybridized carbons (Fsp3) is 0.600. The molecular formula is C5H9ClO. The molecule has 0 atom stereocenters. The largest absolute Gasteiger partial charge is 0.362 e. The van der Waals surface area contributed by atoms with Gasteiger partial charge in [0, 0.05) is 0 Å². The zero-order chi connectivity index (χ0) is 5.54. The van der Waals surface area contributed by atoms with E-state index < -0.39 is 0 Å². The molecule has 0 amide bonds. The first kappa shape index (κ1) is 6.99. The molecule has 0 radical (unpaired) electrons. The molecule has 0 aliphatic heterocycles. The Morgan fingerprint density at radius 3 is 2.86 bits per heavy atom. The summed E-state index contributed by atoms with van der Waals surface area (Å²) in [5.74, 6) is 0. The van der Waals surface area contributed by atoms with Gasteiger partial charge in [0.25, 0.3) is 0 Å². The first-order chi connectivity index (χ1) is 3.41. The lowest BCUT2D eigenvalue weighted by Crippen LogP contribution is -1.84. The molecule has 7 heavy (non-hydrogen) atoms. The maximum absolute atomic E-state index is 5.18. The van der Waals surface area contributed by atoms with Gasteiger partial charge in [0.2, 0.25) is 0 Å². The number of allylic oxidation sites excluding steroid dienone is 1. The lowest BCUT2D eigenvalue weighted by Gasteiger charge is -1.87. The Morgan fingerprint density at radius 2 is 2.43 bits per heavy atom. The molecule has 42 valence electrons. The van der Waals surface area contributed by atoms with Crippen molar-refractivity contribution < 1.29 is 4.74 Å². The van der Waals surface area contributed by atoms with Crippen molar-refractivity contribution in [2.24, 2.45) is 0 Å². The number of rotatable bonds is 3. The third-order valence-electron chi connectivity index (χ3n) is 0.527. The van der Waals surface area contributed by atoms with E-state index >= 15 is 0 Å². The van der Waals surface area contributed by atoms with Crippen LogP contribution in [0.25, 0.3) is 0 Å². The van der Waals surface area contributed by atoms with E-state index in [1.807, 2.05) is 19.1 Å². The fourth-order valence-electron chi connectivity index (χ4n) is 0.209. The molecule has 0 unspecified atom stereocenters. The molecule has 0 aromatic heterocycles. The molecule has 0 bridgehead atoms. The van der Waals surface area contributed by atoms with E-state index in [0.29, 0.717) is 6.61 Å². The second kappa shape index (κ2) is 5.99. The molecule has 0 aliphatic carbocycles. The molecule has 0 saturated carbocycles. The van der Waals surface area contributed by atoms with E-state index in [-0.39, 0.29) is 6.07 Å². The normalized spacial score (nSPS) is 10.6. The second-order valence-corrected chi connectivity index (χ2v) is 1.27. The minimum atomic E-state index is 0.282. The van der Waals surface area contributed by atoms with E-state index in [9.17, 15) is 0 Å². The van der Waals surface area contributed by atoms with Gasteiger partial charge >= 0.3 is 0 Å². The average Bonchev–Trinajstić information content (AvgIpc) is 1.69. The Bertz CT molecular complexity index is 52.0. The van der Waals surface area contributed by atoms with Crippen molar-refractivity contribution in [2.45, 2.75) is 6.92 Å². The van der Waals surface area contributed by atoms with E-state index in [0.717, 1.165) is 0 Å². The number of hydrogen-bond acceptors (Lipinski definition) is 1. The monoisotopic (exact) mass is 120 g/mol. The third kappa shape index (κ3) is 5.99. The zero-order valence-corrected chi connectivity index (χ0v) is 5.11. The van der Waals surface area contributed by atoms with Gasteiger partial charge in [0.05, 0.1) is 6.61 Å². The van der Waals surface area contributed by atoms with Crippen molar-refractivity contribution in [3.8, 4) is 0 Å². The molecule has 0 aromatic carbocycles. The molecule has 1 nitrogen and oxygen atoms in total. The highest BCUT2D eigenvalue weighted by Crippen LogP contribution is 1.78. The summed E-state index contributed by atoms with van der Waals surface area (Å²) in [4.78, 5) is 0. The first-order valence-electron chi connectivity index (χ1n) is 2.16. The Balaban J connectivity index is 2.69. The van der Waals surface area contributed by atoms with Crippen LogP contribution in [-0.2, 0) is 4.74 Å². The lowest BCUT2D eigenvalue weighted by molar-refractivity contribution is 0.212. The van der Waals surface area contributed by atoms with Gasteiger partial charge in [-0.3, -0.25) is 0 Å². The molecule has 0 spiro atoms. The predicted octanol–water partition coefficient (Wildman–Crippen LogP) is 1.78. The highest BCUT2D eigenvalue weighted by molar-refractivity contribution is 6.17. The van der Waals surface area contributed by atoms with Gasteiger partial charge in [0.15, 0.2) is 0 Å². The van der Waals surface area contributed by atoms with Crippen LogP contribution < -0.4 is 0 Å². The summed E-state index contributed by atoms with van der Waals surface area (Å²) < 4.78 is 4.75. The van der Waals surface area contributed by atoms with Crippen LogP contribution in [0.3, 0.4) is 0 Å². The predicted molar refractivity (Wildman–Crippen MR) is 31.5 cm³/mol. The minimum Gasteiger partial charge on any atom is -0.362 e. The maximum atomic E-state index is 5.18. The average molecular weight is 121 g/mol. The molecule has 0 heterocycles. The maximum Gasteiger partial charge on any atom is 0.121 e. The highest BCUT2D eigenvalue weighted by Gasteiger charge is 1.71. The summed E-state index contributed by atoms with van der Waals surface area (Å²) in [6.07, 6.45) is 3.83. The number of alkyl halides is 1. The molecule has 0 saturated heterocycles. The molecule has 0 aromatic rings. The first-order valence-corrected chi connectivity index (χ1v) is 2.70. The van der Waals surface area contributed by atoms with Gasteiger partial charge in [-0.05, 0) is 6.92 Å². The summed E-state index contributed by atoms with van der Waals surface area (Å²) in [6.45, 7) is 2.57. The van der Waals surface area contributed by atoms with Crippen LogP contribution in [0, 0.1) is 0 Å². The molecule has 0 rings (SSSR count). The van der Waals surface area contributed by atoms with Gasteiger partial charge in [-0.1, -0.05) is 23.8 Å². The third-order valence-corrected chi connectivity index (χ3v) is 0.681. The van der Waals surface area contributed by atoms with Crippen LogP contribution in [0.4, 0.5) is 0 Å². The van der Waals surface area contributed by atoms with Crippen molar-refractivity contribution in [3.63, 3.8) is 0 Å². The summed E-state index contributed by atoms with van der Waals surface area (Å²) in [6, 6.07) is 0.282. The molecule has 2 heteroatoms. The SMILES string of the molecule is C/C=C\COCCl. The van der Waals surface area contributed by atoms with E-state index in [1.165, 1.54) is 0 Å². The smallest absolute Gasteiger partial charge is 0.121 e. The molecule has 0 N–H and O–H groups in total. The zero-order valence-electron chi connectivity index (χ0n) is 4.36. The van der Waals surface area contributed by atoms with Crippen molar-refractivity contribution >= 4 is 11.6 Å². The Kier molecular flexibility index (Phi) is 5.98. The highest BCUT2D eigenvalue weighted by atomic mass is 35.5. The summed E-state index contributed by atoms with van der Waals surface area (Å²) in [5.41, 5.74) is 0. The van der Waals surface area contributed by atoms with Crippen LogP contribution in [-0.4, -0.2) is 12.7 Å². The van der Waals surface area contributed by atoms with Crippen LogP contribution >= 0.6 is 11.6 Å². The van der Waals surface area contributed by atoms with Crippen LogP contribution in [0.5, 0.6) is 0 Å². The Labute approximate surface area is 48.9 Å². The standard InChI is InChI=1S/C5H9ClO/c1-2-3-4-7-5-6/h2-3H,4-5H2,1H3/b3-2-. The van der Waals surface area contributed by atoms with Crippen LogP contribution in [0.15, 0.2) is 12.2 Å². The molecular weight excluding hydrogens is 112 g/mol. The molecule has 0 fully saturated rings. The summed E-state index contributed by atoms with van der Waals surface area (Å²) in [7, 11) is 0. The van der Waals surface area contributed by atoms with Crippen molar-refractivity contribution in [3.05, 3.63) is 12.2 Å². The van der Waals surface area contributed by atoms with E-state index in [4.69, 9.17) is 16.3 Å². The summed E-state index contributed by atoms with van der Waals surface area (Å²) >= 11 is 5.18. The van der Waals surface area contributed by atoms with Gasteiger partial charge in [-0.2, -0.15) is 0 Å². The van der Waals surface area contributed by atoms with Gasteiger partial charge in [0.1, 0.15) is 6.07 Å². The van der Waals surface area contributed by atoms with Crippen molar-refractivity contribution in [1.82, 2.24) is 0 Å². The Hall–Kier alpha value is -0.0100. The summed E-state index contributed by atoms with van der Waals surface area (Å²) in [5, 5.41) is 0. The minimum absolute atomic E-state index is 0.282. The fourth-order valence-corrected chi connectivity index (χ4v) is 0.298. The van der Waals surface area contributed by atoms with E-state index in [2.05, 4.69) is 0 Å². The van der Waals surface area contributed by atoms with Gasteiger partial charge < -0.3 is 4.74 Å². The molecule has 0 aliphatic rings. The van der Waals surface area contributed by atoms with Gasteiger partial charge in [-0.25, -0.2) is 0 Å². The number of ether oxygens (including phenoxy) is 1. The Morgan fingerprint density at radius 1 is 1.71 bits per heavy atom. The number of hydrogen-bond donors (Lipinski definition) is 0.